The molecule has 0 bridgehead atoms. The Kier molecular flexibility index (Phi) is 4.23. The van der Waals surface area contributed by atoms with Crippen LogP contribution in [-0.2, 0) is 0 Å². The van der Waals surface area contributed by atoms with E-state index in [4.69, 9.17) is 0 Å². The number of piperazine rings is 1. The van der Waals surface area contributed by atoms with E-state index in [-0.39, 0.29) is 11.6 Å². The van der Waals surface area contributed by atoms with Gasteiger partial charge < -0.3 is 9.80 Å². The van der Waals surface area contributed by atoms with Crippen LogP contribution in [0.1, 0.15) is 10.4 Å². The van der Waals surface area contributed by atoms with Crippen LogP contribution in [0.5, 0.6) is 0 Å². The number of amides is 1. The summed E-state index contributed by atoms with van der Waals surface area (Å²) in [6.07, 6.45) is 0. The Hall–Kier alpha value is -2.89. The predicted molar refractivity (Wildman–Crippen MR) is 87.7 cm³/mol. The zero-order valence-corrected chi connectivity index (χ0v) is 12.6. The highest BCUT2D eigenvalue weighted by Crippen LogP contribution is 2.22. The molecule has 2 aromatic carbocycles. The van der Waals surface area contributed by atoms with Crippen LogP contribution >= 0.6 is 0 Å². The van der Waals surface area contributed by atoms with Gasteiger partial charge in [-0.3, -0.25) is 14.9 Å². The van der Waals surface area contributed by atoms with Gasteiger partial charge >= 0.3 is 0 Å². The summed E-state index contributed by atoms with van der Waals surface area (Å²) in [7, 11) is 0. The van der Waals surface area contributed by atoms with E-state index in [0.717, 1.165) is 5.69 Å². The molecule has 0 spiro atoms. The van der Waals surface area contributed by atoms with Gasteiger partial charge in [0.05, 0.1) is 4.92 Å². The second kappa shape index (κ2) is 6.48. The number of non-ortho nitro benzene ring substituents is 1. The van der Waals surface area contributed by atoms with Crippen molar-refractivity contribution in [2.45, 2.75) is 0 Å². The number of hydrogen-bond acceptors (Lipinski definition) is 4. The fourth-order valence-corrected chi connectivity index (χ4v) is 2.73. The Morgan fingerprint density at radius 3 is 2.30 bits per heavy atom. The first kappa shape index (κ1) is 15.0. The Morgan fingerprint density at radius 2 is 1.65 bits per heavy atom. The zero-order valence-electron chi connectivity index (χ0n) is 12.6. The lowest BCUT2D eigenvalue weighted by atomic mass is 10.1. The number of hydrogen-bond donors (Lipinski definition) is 0. The highest BCUT2D eigenvalue weighted by atomic mass is 16.6. The van der Waals surface area contributed by atoms with Gasteiger partial charge in [0.25, 0.3) is 11.6 Å². The second-order valence-corrected chi connectivity index (χ2v) is 5.42. The molecule has 1 aliphatic heterocycles. The number of carbonyl (C=O) groups excluding carboxylic acids is 1. The average molecular weight is 311 g/mol. The minimum absolute atomic E-state index is 0.0318. The van der Waals surface area contributed by atoms with Gasteiger partial charge in [0.2, 0.25) is 0 Å². The van der Waals surface area contributed by atoms with Crippen molar-refractivity contribution >= 4 is 17.3 Å². The van der Waals surface area contributed by atoms with Gasteiger partial charge in [-0.15, -0.1) is 0 Å². The van der Waals surface area contributed by atoms with E-state index in [1.807, 2.05) is 41.3 Å². The van der Waals surface area contributed by atoms with Gasteiger partial charge in [-0.1, -0.05) is 24.3 Å². The van der Waals surface area contributed by atoms with Gasteiger partial charge in [-0.05, 0) is 18.2 Å². The number of nitro benzene ring substituents is 1. The molecule has 1 aliphatic rings. The van der Waals surface area contributed by atoms with Crippen molar-refractivity contribution in [3.05, 3.63) is 70.3 Å². The highest BCUT2D eigenvalue weighted by Gasteiger charge is 2.22. The molecule has 0 saturated carbocycles. The maximum atomic E-state index is 12.4. The number of nitrogens with zero attached hydrogens (tertiary/aromatic N) is 3. The average Bonchev–Trinajstić information content (AvgIpc) is 2.62. The van der Waals surface area contributed by atoms with Crippen LogP contribution in [0.15, 0.2) is 54.6 Å². The summed E-state index contributed by atoms with van der Waals surface area (Å²) in [5.41, 5.74) is 1.60. The number of carbonyl (C=O) groups is 1. The fourth-order valence-electron chi connectivity index (χ4n) is 2.73. The molecule has 1 fully saturated rings. The molecule has 0 unspecified atom stereocenters. The van der Waals surface area contributed by atoms with Crippen LogP contribution < -0.4 is 4.90 Å². The quantitative estimate of drug-likeness (QED) is 0.645. The minimum Gasteiger partial charge on any atom is -0.368 e. The largest absolute Gasteiger partial charge is 0.368 e. The Bertz CT molecular complexity index is 710. The van der Waals surface area contributed by atoms with Crippen LogP contribution in [-0.4, -0.2) is 41.9 Å². The summed E-state index contributed by atoms with van der Waals surface area (Å²) >= 11 is 0. The molecule has 1 saturated heterocycles. The van der Waals surface area contributed by atoms with Crippen molar-refractivity contribution < 1.29 is 9.72 Å². The zero-order chi connectivity index (χ0) is 16.2. The molecule has 118 valence electrons. The molecule has 0 N–H and O–H groups in total. The van der Waals surface area contributed by atoms with E-state index in [1.165, 1.54) is 6.07 Å². The summed E-state index contributed by atoms with van der Waals surface area (Å²) < 4.78 is 0. The van der Waals surface area contributed by atoms with Gasteiger partial charge in [0.15, 0.2) is 0 Å². The first-order chi connectivity index (χ1) is 11.1. The first-order valence-electron chi connectivity index (χ1n) is 7.49. The van der Waals surface area contributed by atoms with E-state index in [9.17, 15) is 14.9 Å². The third-order valence-corrected chi connectivity index (χ3v) is 3.99. The minimum atomic E-state index is -0.390. The lowest BCUT2D eigenvalue weighted by Crippen LogP contribution is -2.48. The predicted octanol–water partition coefficient (Wildman–Crippen LogP) is 2.56. The highest BCUT2D eigenvalue weighted by molar-refractivity contribution is 5.94. The molecule has 23 heavy (non-hydrogen) atoms. The molecule has 6 heteroatoms. The molecule has 0 aliphatic carbocycles. The summed E-state index contributed by atoms with van der Waals surface area (Å²) in [5.74, 6) is 0.0318. The summed E-state index contributed by atoms with van der Waals surface area (Å²) in [5, 5.41) is 10.9. The molecule has 0 aromatic heterocycles. The van der Waals surface area contributed by atoms with Crippen molar-refractivity contribution in [3.63, 3.8) is 0 Å². The first-order valence-corrected chi connectivity index (χ1v) is 7.49. The summed E-state index contributed by atoms with van der Waals surface area (Å²) in [6.45, 7) is 2.55. The Labute approximate surface area is 134 Å². The standard InChI is InChI=1S/C17H17N3O3/c21-17(14-5-2-1-3-6-14)19-11-9-18(10-12-19)15-7-4-8-16(13-15)20(22)23/h1-8,13H,9-12H2. The Balaban J connectivity index is 1.66. The van der Waals surface area contributed by atoms with Crippen LogP contribution in [0.3, 0.4) is 0 Å². The molecule has 1 amide bonds. The molecule has 0 radical (unpaired) electrons. The molecule has 3 rings (SSSR count). The third-order valence-electron chi connectivity index (χ3n) is 3.99. The van der Waals surface area contributed by atoms with Gasteiger partial charge in [0.1, 0.15) is 0 Å². The number of nitro groups is 1. The van der Waals surface area contributed by atoms with Gasteiger partial charge in [0, 0.05) is 49.6 Å². The van der Waals surface area contributed by atoms with Gasteiger partial charge in [-0.25, -0.2) is 0 Å². The fraction of sp³-hybridized carbons (Fsp3) is 0.235. The maximum absolute atomic E-state index is 12.4. The maximum Gasteiger partial charge on any atom is 0.271 e. The number of anilines is 1. The normalized spacial score (nSPS) is 14.6. The van der Waals surface area contributed by atoms with Crippen molar-refractivity contribution in [3.8, 4) is 0 Å². The topological polar surface area (TPSA) is 66.7 Å². The van der Waals surface area contributed by atoms with E-state index in [0.29, 0.717) is 31.7 Å². The van der Waals surface area contributed by atoms with E-state index < -0.39 is 4.92 Å². The van der Waals surface area contributed by atoms with Crippen LogP contribution in [0.2, 0.25) is 0 Å². The van der Waals surface area contributed by atoms with Crippen molar-refractivity contribution in [2.75, 3.05) is 31.1 Å². The molecule has 2 aromatic rings. The van der Waals surface area contributed by atoms with Crippen LogP contribution in [0.25, 0.3) is 0 Å². The van der Waals surface area contributed by atoms with Crippen LogP contribution in [0.4, 0.5) is 11.4 Å². The van der Waals surface area contributed by atoms with Gasteiger partial charge in [-0.2, -0.15) is 0 Å². The number of rotatable bonds is 3. The summed E-state index contributed by atoms with van der Waals surface area (Å²) in [4.78, 5) is 26.8. The SMILES string of the molecule is O=C(c1ccccc1)N1CCN(c2cccc([N+](=O)[O-])c2)CC1. The van der Waals surface area contributed by atoms with Crippen molar-refractivity contribution in [1.82, 2.24) is 4.90 Å². The molecular weight excluding hydrogens is 294 g/mol. The van der Waals surface area contributed by atoms with Crippen LogP contribution in [0, 0.1) is 10.1 Å². The third kappa shape index (κ3) is 3.31. The monoisotopic (exact) mass is 311 g/mol. The lowest BCUT2D eigenvalue weighted by Gasteiger charge is -2.36. The second-order valence-electron chi connectivity index (χ2n) is 5.42. The number of benzene rings is 2. The van der Waals surface area contributed by atoms with Crippen molar-refractivity contribution in [1.29, 1.82) is 0 Å². The molecule has 1 heterocycles. The molecular formula is C17H17N3O3. The molecule has 0 atom stereocenters. The van der Waals surface area contributed by atoms with E-state index in [1.54, 1.807) is 12.1 Å². The molecule has 6 nitrogen and oxygen atoms in total. The smallest absolute Gasteiger partial charge is 0.271 e. The van der Waals surface area contributed by atoms with Crippen molar-refractivity contribution in [2.24, 2.45) is 0 Å². The Morgan fingerprint density at radius 1 is 0.957 bits per heavy atom. The van der Waals surface area contributed by atoms with E-state index >= 15 is 0 Å². The summed E-state index contributed by atoms with van der Waals surface area (Å²) in [6, 6.07) is 15.8. The van der Waals surface area contributed by atoms with E-state index in [2.05, 4.69) is 4.90 Å². The lowest BCUT2D eigenvalue weighted by molar-refractivity contribution is -0.384.